The SMILES string of the molecule is CC(CNC(=O)C1CCN(C2CCSC2)CC1)Oc1ccc(Cl)cc1. The first-order chi connectivity index (χ1) is 12.1. The number of hydrogen-bond acceptors (Lipinski definition) is 4. The summed E-state index contributed by atoms with van der Waals surface area (Å²) in [5, 5.41) is 3.75. The molecule has 2 atom stereocenters. The number of benzene rings is 1. The highest BCUT2D eigenvalue weighted by molar-refractivity contribution is 7.99. The van der Waals surface area contributed by atoms with Crippen molar-refractivity contribution in [3.05, 3.63) is 29.3 Å². The Labute approximate surface area is 159 Å². The topological polar surface area (TPSA) is 41.6 Å². The quantitative estimate of drug-likeness (QED) is 0.818. The van der Waals surface area contributed by atoms with E-state index in [1.807, 2.05) is 19.1 Å². The third kappa shape index (κ3) is 5.53. The van der Waals surface area contributed by atoms with Gasteiger partial charge in [0, 0.05) is 22.7 Å². The van der Waals surface area contributed by atoms with Gasteiger partial charge in [-0.05, 0) is 69.3 Å². The number of rotatable bonds is 6. The van der Waals surface area contributed by atoms with E-state index >= 15 is 0 Å². The van der Waals surface area contributed by atoms with Crippen LogP contribution in [0.5, 0.6) is 5.75 Å². The van der Waals surface area contributed by atoms with E-state index in [1.165, 1.54) is 17.9 Å². The number of amides is 1. The highest BCUT2D eigenvalue weighted by Crippen LogP contribution is 2.27. The second-order valence-electron chi connectivity index (χ2n) is 6.96. The van der Waals surface area contributed by atoms with E-state index in [-0.39, 0.29) is 17.9 Å². The molecule has 3 rings (SSSR count). The van der Waals surface area contributed by atoms with Gasteiger partial charge in [-0.1, -0.05) is 11.6 Å². The van der Waals surface area contributed by atoms with Crippen molar-refractivity contribution in [3.8, 4) is 5.75 Å². The Bertz CT molecular complexity index is 555. The zero-order valence-electron chi connectivity index (χ0n) is 14.7. The molecule has 0 radical (unpaired) electrons. The molecule has 1 N–H and O–H groups in total. The van der Waals surface area contributed by atoms with Crippen LogP contribution in [-0.4, -0.2) is 54.1 Å². The number of carbonyl (C=O) groups excluding carboxylic acids is 1. The standard InChI is InChI=1S/C19H27ClN2O2S/c1-14(24-18-4-2-16(20)3-5-18)12-21-19(23)15-6-9-22(10-7-15)17-8-11-25-13-17/h2-5,14-15,17H,6-13H2,1H3,(H,21,23). The Morgan fingerprint density at radius 2 is 2.04 bits per heavy atom. The predicted molar refractivity (Wildman–Crippen MR) is 105 cm³/mol. The minimum Gasteiger partial charge on any atom is -0.489 e. The van der Waals surface area contributed by atoms with Gasteiger partial charge >= 0.3 is 0 Å². The van der Waals surface area contributed by atoms with Gasteiger partial charge in [-0.25, -0.2) is 0 Å². The molecule has 138 valence electrons. The van der Waals surface area contributed by atoms with Crippen molar-refractivity contribution in [1.29, 1.82) is 0 Å². The number of piperidine rings is 1. The van der Waals surface area contributed by atoms with Crippen LogP contribution < -0.4 is 10.1 Å². The zero-order chi connectivity index (χ0) is 17.6. The number of likely N-dealkylation sites (tertiary alicyclic amines) is 1. The molecule has 2 saturated heterocycles. The molecule has 0 spiro atoms. The van der Waals surface area contributed by atoms with Crippen LogP contribution in [-0.2, 0) is 4.79 Å². The van der Waals surface area contributed by atoms with Gasteiger partial charge in [0.2, 0.25) is 5.91 Å². The number of hydrogen-bond donors (Lipinski definition) is 1. The van der Waals surface area contributed by atoms with Gasteiger partial charge in [-0.2, -0.15) is 11.8 Å². The summed E-state index contributed by atoms with van der Waals surface area (Å²) in [6.45, 7) is 4.61. The van der Waals surface area contributed by atoms with Crippen LogP contribution in [0, 0.1) is 5.92 Å². The maximum absolute atomic E-state index is 12.4. The summed E-state index contributed by atoms with van der Waals surface area (Å²) < 4.78 is 5.81. The van der Waals surface area contributed by atoms with Crippen LogP contribution in [0.4, 0.5) is 0 Å². The molecule has 2 aliphatic heterocycles. The third-order valence-electron chi connectivity index (χ3n) is 5.04. The first kappa shape index (κ1) is 18.9. The molecule has 0 bridgehead atoms. The summed E-state index contributed by atoms with van der Waals surface area (Å²) in [5.74, 6) is 3.64. The van der Waals surface area contributed by atoms with Gasteiger partial charge in [0.1, 0.15) is 11.9 Å². The zero-order valence-corrected chi connectivity index (χ0v) is 16.3. The highest BCUT2D eigenvalue weighted by Gasteiger charge is 2.30. The van der Waals surface area contributed by atoms with Gasteiger partial charge in [-0.3, -0.25) is 9.69 Å². The van der Waals surface area contributed by atoms with Crippen molar-refractivity contribution < 1.29 is 9.53 Å². The lowest BCUT2D eigenvalue weighted by molar-refractivity contribution is -0.126. The molecular formula is C19H27ClN2O2S. The Kier molecular flexibility index (Phi) is 6.91. The summed E-state index contributed by atoms with van der Waals surface area (Å²) in [6.07, 6.45) is 3.18. The lowest BCUT2D eigenvalue weighted by atomic mass is 9.94. The molecule has 2 heterocycles. The molecule has 0 aromatic heterocycles. The van der Waals surface area contributed by atoms with Gasteiger partial charge in [-0.15, -0.1) is 0 Å². The van der Waals surface area contributed by atoms with E-state index in [4.69, 9.17) is 16.3 Å². The average molecular weight is 383 g/mol. The Balaban J connectivity index is 1.37. The second-order valence-corrected chi connectivity index (χ2v) is 8.54. The molecule has 2 unspecified atom stereocenters. The molecule has 2 aliphatic rings. The van der Waals surface area contributed by atoms with Crippen molar-refractivity contribution in [2.45, 2.75) is 38.3 Å². The van der Waals surface area contributed by atoms with E-state index in [9.17, 15) is 4.79 Å². The molecule has 1 aromatic rings. The molecule has 2 fully saturated rings. The van der Waals surface area contributed by atoms with E-state index in [2.05, 4.69) is 22.0 Å². The van der Waals surface area contributed by atoms with Crippen LogP contribution in [0.15, 0.2) is 24.3 Å². The first-order valence-electron chi connectivity index (χ1n) is 9.13. The molecule has 25 heavy (non-hydrogen) atoms. The number of halogens is 1. The van der Waals surface area contributed by atoms with Crippen molar-refractivity contribution in [3.63, 3.8) is 0 Å². The fourth-order valence-electron chi connectivity index (χ4n) is 3.51. The summed E-state index contributed by atoms with van der Waals surface area (Å²) in [5.41, 5.74) is 0. The van der Waals surface area contributed by atoms with Crippen molar-refractivity contribution in [2.24, 2.45) is 5.92 Å². The van der Waals surface area contributed by atoms with Crippen molar-refractivity contribution >= 4 is 29.3 Å². The smallest absolute Gasteiger partial charge is 0.223 e. The molecular weight excluding hydrogens is 356 g/mol. The average Bonchev–Trinajstić information content (AvgIpc) is 3.16. The van der Waals surface area contributed by atoms with E-state index in [0.717, 1.165) is 37.7 Å². The number of thioether (sulfide) groups is 1. The summed E-state index contributed by atoms with van der Waals surface area (Å²) in [6, 6.07) is 8.04. The van der Waals surface area contributed by atoms with Gasteiger partial charge in [0.25, 0.3) is 0 Å². The van der Waals surface area contributed by atoms with Crippen LogP contribution in [0.3, 0.4) is 0 Å². The highest BCUT2D eigenvalue weighted by atomic mass is 35.5. The van der Waals surface area contributed by atoms with E-state index < -0.39 is 0 Å². The fourth-order valence-corrected chi connectivity index (χ4v) is 4.89. The van der Waals surface area contributed by atoms with E-state index in [0.29, 0.717) is 11.6 Å². The number of nitrogens with one attached hydrogen (secondary N) is 1. The minimum absolute atomic E-state index is 0.0688. The maximum Gasteiger partial charge on any atom is 0.223 e. The lowest BCUT2D eigenvalue weighted by Gasteiger charge is -2.35. The maximum atomic E-state index is 12.4. The molecule has 0 saturated carbocycles. The Morgan fingerprint density at radius 1 is 1.32 bits per heavy atom. The monoisotopic (exact) mass is 382 g/mol. The van der Waals surface area contributed by atoms with Crippen molar-refractivity contribution in [1.82, 2.24) is 10.2 Å². The molecule has 0 aliphatic carbocycles. The van der Waals surface area contributed by atoms with Crippen LogP contribution in [0.1, 0.15) is 26.2 Å². The third-order valence-corrected chi connectivity index (χ3v) is 6.43. The van der Waals surface area contributed by atoms with Gasteiger partial charge < -0.3 is 10.1 Å². The minimum atomic E-state index is -0.0688. The second kappa shape index (κ2) is 9.15. The normalized spacial score (nSPS) is 23.4. The fraction of sp³-hybridized carbons (Fsp3) is 0.632. The van der Waals surface area contributed by atoms with Crippen LogP contribution in [0.25, 0.3) is 0 Å². The molecule has 4 nitrogen and oxygen atoms in total. The van der Waals surface area contributed by atoms with Crippen LogP contribution in [0.2, 0.25) is 5.02 Å². The first-order valence-corrected chi connectivity index (χ1v) is 10.7. The van der Waals surface area contributed by atoms with Crippen molar-refractivity contribution in [2.75, 3.05) is 31.1 Å². The number of ether oxygens (including phenoxy) is 1. The van der Waals surface area contributed by atoms with E-state index in [1.54, 1.807) is 12.1 Å². The summed E-state index contributed by atoms with van der Waals surface area (Å²) in [4.78, 5) is 15.0. The summed E-state index contributed by atoms with van der Waals surface area (Å²) >= 11 is 7.92. The molecule has 1 aromatic carbocycles. The lowest BCUT2D eigenvalue weighted by Crippen LogP contribution is -2.46. The van der Waals surface area contributed by atoms with Crippen LogP contribution >= 0.6 is 23.4 Å². The largest absolute Gasteiger partial charge is 0.489 e. The predicted octanol–water partition coefficient (Wildman–Crippen LogP) is 3.44. The number of carbonyl (C=O) groups is 1. The summed E-state index contributed by atoms with van der Waals surface area (Å²) in [7, 11) is 0. The number of nitrogens with zero attached hydrogens (tertiary/aromatic N) is 1. The van der Waals surface area contributed by atoms with Gasteiger partial charge in [0.05, 0.1) is 6.54 Å². The molecule has 1 amide bonds. The Morgan fingerprint density at radius 3 is 2.68 bits per heavy atom. The Hall–Kier alpha value is -0.910. The van der Waals surface area contributed by atoms with Gasteiger partial charge in [0.15, 0.2) is 0 Å². The molecule has 6 heteroatoms.